The average molecular weight is 194 g/mol. The Balaban J connectivity index is 2.81. The minimum atomic E-state index is -0.309. The molecule has 0 saturated carbocycles. The summed E-state index contributed by atoms with van der Waals surface area (Å²) < 4.78 is 6.36. The molecule has 0 aliphatic rings. The lowest BCUT2D eigenvalue weighted by Gasteiger charge is -2.06. The Labute approximate surface area is 82.6 Å². The van der Waals surface area contributed by atoms with Crippen LogP contribution in [0.5, 0.6) is 0 Å². The van der Waals surface area contributed by atoms with E-state index in [0.29, 0.717) is 12.1 Å². The fourth-order valence-electron chi connectivity index (χ4n) is 1.14. The van der Waals surface area contributed by atoms with Crippen LogP contribution >= 0.6 is 0 Å². The SMILES string of the molecule is CCOC(=O)Cn1cc(C)ccc1=N. The first-order valence-corrected chi connectivity index (χ1v) is 4.50. The molecule has 0 saturated heterocycles. The van der Waals surface area contributed by atoms with Crippen LogP contribution in [0.25, 0.3) is 0 Å². The molecule has 1 N–H and O–H groups in total. The van der Waals surface area contributed by atoms with Crippen molar-refractivity contribution in [2.75, 3.05) is 6.61 Å². The fourth-order valence-corrected chi connectivity index (χ4v) is 1.14. The van der Waals surface area contributed by atoms with E-state index in [-0.39, 0.29) is 12.5 Å². The summed E-state index contributed by atoms with van der Waals surface area (Å²) in [5, 5.41) is 7.55. The molecule has 1 rings (SSSR count). The molecule has 1 aromatic heterocycles. The Morgan fingerprint density at radius 3 is 2.93 bits per heavy atom. The highest BCUT2D eigenvalue weighted by Crippen LogP contribution is 1.92. The Hall–Kier alpha value is -1.58. The summed E-state index contributed by atoms with van der Waals surface area (Å²) in [6.07, 6.45) is 1.76. The second-order valence-electron chi connectivity index (χ2n) is 3.02. The number of carbonyl (C=O) groups excluding carboxylic acids is 1. The first-order valence-electron chi connectivity index (χ1n) is 4.50. The average Bonchev–Trinajstić information content (AvgIpc) is 2.12. The summed E-state index contributed by atoms with van der Waals surface area (Å²) >= 11 is 0. The van der Waals surface area contributed by atoms with Crippen molar-refractivity contribution in [3.63, 3.8) is 0 Å². The topological polar surface area (TPSA) is 55.1 Å². The van der Waals surface area contributed by atoms with Gasteiger partial charge in [0, 0.05) is 6.20 Å². The smallest absolute Gasteiger partial charge is 0.325 e. The number of hydrogen-bond donors (Lipinski definition) is 1. The molecule has 0 aliphatic carbocycles. The molecule has 0 aliphatic heterocycles. The van der Waals surface area contributed by atoms with Gasteiger partial charge in [-0.15, -0.1) is 0 Å². The lowest BCUT2D eigenvalue weighted by Crippen LogP contribution is -2.24. The van der Waals surface area contributed by atoms with E-state index in [1.165, 1.54) is 0 Å². The molecule has 0 spiro atoms. The molecule has 14 heavy (non-hydrogen) atoms. The fraction of sp³-hybridized carbons (Fsp3) is 0.400. The minimum absolute atomic E-state index is 0.106. The van der Waals surface area contributed by atoms with E-state index < -0.39 is 0 Å². The van der Waals surface area contributed by atoms with E-state index in [0.717, 1.165) is 5.56 Å². The third kappa shape index (κ3) is 2.73. The molecule has 1 aromatic rings. The van der Waals surface area contributed by atoms with Crippen LogP contribution in [0.1, 0.15) is 12.5 Å². The quantitative estimate of drug-likeness (QED) is 0.725. The number of aryl methyl sites for hydroxylation is 1. The Morgan fingerprint density at radius 2 is 2.29 bits per heavy atom. The molecular weight excluding hydrogens is 180 g/mol. The van der Waals surface area contributed by atoms with Gasteiger partial charge in [0.15, 0.2) is 0 Å². The number of esters is 1. The van der Waals surface area contributed by atoms with Gasteiger partial charge < -0.3 is 9.30 Å². The molecule has 76 valence electrons. The first-order chi connectivity index (χ1) is 6.63. The van der Waals surface area contributed by atoms with Crippen molar-refractivity contribution in [3.05, 3.63) is 29.4 Å². The Morgan fingerprint density at radius 1 is 1.57 bits per heavy atom. The number of rotatable bonds is 3. The van der Waals surface area contributed by atoms with Gasteiger partial charge in [-0.3, -0.25) is 10.2 Å². The zero-order valence-electron chi connectivity index (χ0n) is 8.41. The van der Waals surface area contributed by atoms with Gasteiger partial charge in [-0.25, -0.2) is 0 Å². The normalized spacial score (nSPS) is 9.86. The highest BCUT2D eigenvalue weighted by Gasteiger charge is 2.02. The maximum Gasteiger partial charge on any atom is 0.325 e. The third-order valence-corrected chi connectivity index (χ3v) is 1.78. The molecule has 4 nitrogen and oxygen atoms in total. The molecule has 0 atom stereocenters. The number of ether oxygens (including phenoxy) is 1. The van der Waals surface area contributed by atoms with Crippen LogP contribution < -0.4 is 5.49 Å². The highest BCUT2D eigenvalue weighted by atomic mass is 16.5. The molecule has 0 amide bonds. The zero-order chi connectivity index (χ0) is 10.6. The van der Waals surface area contributed by atoms with Crippen LogP contribution in [0.4, 0.5) is 0 Å². The van der Waals surface area contributed by atoms with Gasteiger partial charge >= 0.3 is 5.97 Å². The molecule has 0 bridgehead atoms. The van der Waals surface area contributed by atoms with Crippen molar-refractivity contribution < 1.29 is 9.53 Å². The van der Waals surface area contributed by atoms with Crippen molar-refractivity contribution in [1.29, 1.82) is 5.41 Å². The van der Waals surface area contributed by atoms with Crippen molar-refractivity contribution in [1.82, 2.24) is 4.57 Å². The van der Waals surface area contributed by atoms with E-state index in [4.69, 9.17) is 10.1 Å². The first kappa shape index (κ1) is 10.5. The maximum atomic E-state index is 11.1. The van der Waals surface area contributed by atoms with Crippen LogP contribution in [0.3, 0.4) is 0 Å². The molecule has 1 heterocycles. The lowest BCUT2D eigenvalue weighted by atomic mass is 10.3. The summed E-state index contributed by atoms with van der Waals surface area (Å²) in [6.45, 7) is 4.16. The largest absolute Gasteiger partial charge is 0.465 e. The van der Waals surface area contributed by atoms with Gasteiger partial charge in [0.1, 0.15) is 12.0 Å². The van der Waals surface area contributed by atoms with E-state index in [1.807, 2.05) is 13.0 Å². The van der Waals surface area contributed by atoms with Gasteiger partial charge in [-0.05, 0) is 25.5 Å². The van der Waals surface area contributed by atoms with E-state index in [1.54, 1.807) is 23.8 Å². The Kier molecular flexibility index (Phi) is 3.45. The summed E-state index contributed by atoms with van der Waals surface area (Å²) in [4.78, 5) is 11.1. The molecule has 0 fully saturated rings. The van der Waals surface area contributed by atoms with Gasteiger partial charge in [0.25, 0.3) is 0 Å². The van der Waals surface area contributed by atoms with Gasteiger partial charge in [0.2, 0.25) is 0 Å². The summed E-state index contributed by atoms with van der Waals surface area (Å²) in [5.74, 6) is -0.309. The molecular formula is C10H14N2O2. The summed E-state index contributed by atoms with van der Waals surface area (Å²) in [6, 6.07) is 3.50. The second kappa shape index (κ2) is 4.60. The van der Waals surface area contributed by atoms with Crippen molar-refractivity contribution in [2.45, 2.75) is 20.4 Å². The minimum Gasteiger partial charge on any atom is -0.465 e. The van der Waals surface area contributed by atoms with Gasteiger partial charge in [0.05, 0.1) is 6.61 Å². The number of carbonyl (C=O) groups is 1. The van der Waals surface area contributed by atoms with Crippen molar-refractivity contribution >= 4 is 5.97 Å². The standard InChI is InChI=1S/C10H14N2O2/c1-3-14-10(13)7-12-6-8(2)4-5-9(12)11/h4-6,11H,3,7H2,1-2H3. The maximum absolute atomic E-state index is 11.1. The predicted octanol–water partition coefficient (Wildman–Crippen LogP) is 0.839. The van der Waals surface area contributed by atoms with E-state index in [9.17, 15) is 4.79 Å². The second-order valence-corrected chi connectivity index (χ2v) is 3.02. The van der Waals surface area contributed by atoms with Crippen LogP contribution in [0.15, 0.2) is 18.3 Å². The predicted molar refractivity (Wildman–Crippen MR) is 51.7 cm³/mol. The van der Waals surface area contributed by atoms with Crippen LogP contribution in [-0.4, -0.2) is 17.1 Å². The molecule has 0 radical (unpaired) electrons. The highest BCUT2D eigenvalue weighted by molar-refractivity contribution is 5.69. The van der Waals surface area contributed by atoms with Crippen LogP contribution in [0, 0.1) is 12.3 Å². The zero-order valence-corrected chi connectivity index (χ0v) is 8.41. The molecule has 4 heteroatoms. The van der Waals surface area contributed by atoms with Crippen molar-refractivity contribution in [3.8, 4) is 0 Å². The number of nitrogens with zero attached hydrogens (tertiary/aromatic N) is 1. The summed E-state index contributed by atoms with van der Waals surface area (Å²) in [7, 11) is 0. The van der Waals surface area contributed by atoms with Gasteiger partial charge in [-0.2, -0.15) is 0 Å². The number of nitrogens with one attached hydrogen (secondary N) is 1. The lowest BCUT2D eigenvalue weighted by molar-refractivity contribution is -0.143. The van der Waals surface area contributed by atoms with E-state index in [2.05, 4.69) is 0 Å². The number of hydrogen-bond acceptors (Lipinski definition) is 3. The monoisotopic (exact) mass is 194 g/mol. The van der Waals surface area contributed by atoms with Crippen molar-refractivity contribution in [2.24, 2.45) is 0 Å². The van der Waals surface area contributed by atoms with E-state index >= 15 is 0 Å². The van der Waals surface area contributed by atoms with Gasteiger partial charge in [-0.1, -0.05) is 6.07 Å². The van der Waals surface area contributed by atoms with Crippen LogP contribution in [-0.2, 0) is 16.1 Å². The molecule has 0 unspecified atom stereocenters. The third-order valence-electron chi connectivity index (χ3n) is 1.78. The Bertz CT molecular complexity index is 382. The number of pyridine rings is 1. The summed E-state index contributed by atoms with van der Waals surface area (Å²) in [5.41, 5.74) is 1.33. The molecule has 0 aromatic carbocycles. The van der Waals surface area contributed by atoms with Crippen LogP contribution in [0.2, 0.25) is 0 Å². The number of aromatic nitrogens is 1.